The Hall–Kier alpha value is -1.35. The fourth-order valence-electron chi connectivity index (χ4n) is 2.34. The molecule has 1 aromatic rings. The lowest BCUT2D eigenvalue weighted by Crippen LogP contribution is -2.21. The first-order valence-corrected chi connectivity index (χ1v) is 7.37. The molecule has 1 saturated carbocycles. The first kappa shape index (κ1) is 14.1. The number of amides is 1. The zero-order valence-corrected chi connectivity index (χ0v) is 11.7. The van der Waals surface area contributed by atoms with E-state index in [1.165, 1.54) is 24.8 Å². The summed E-state index contributed by atoms with van der Waals surface area (Å²) in [6.07, 6.45) is 5.54. The maximum atomic E-state index is 11.9. The Balaban J connectivity index is 1.81. The van der Waals surface area contributed by atoms with Gasteiger partial charge in [0.2, 0.25) is 5.91 Å². The Kier molecular flexibility index (Phi) is 5.40. The highest BCUT2D eigenvalue weighted by Crippen LogP contribution is 2.29. The minimum atomic E-state index is 0.156. The summed E-state index contributed by atoms with van der Waals surface area (Å²) >= 11 is 0. The third-order valence-electron chi connectivity index (χ3n) is 3.67. The third-order valence-corrected chi connectivity index (χ3v) is 3.67. The molecule has 1 aromatic carbocycles. The van der Waals surface area contributed by atoms with Crippen LogP contribution >= 0.6 is 0 Å². The summed E-state index contributed by atoms with van der Waals surface area (Å²) in [5.41, 5.74) is 2.13. The highest BCUT2D eigenvalue weighted by atomic mass is 16.1. The number of carbonyl (C=O) groups is 1. The molecule has 2 rings (SSSR count). The highest BCUT2D eigenvalue weighted by Gasteiger charge is 2.20. The summed E-state index contributed by atoms with van der Waals surface area (Å²) in [6.45, 7) is 4.04. The van der Waals surface area contributed by atoms with E-state index in [1.807, 2.05) is 12.1 Å². The topological polar surface area (TPSA) is 41.1 Å². The monoisotopic (exact) mass is 260 g/mol. The molecule has 2 N–H and O–H groups in total. The van der Waals surface area contributed by atoms with Crippen molar-refractivity contribution in [2.24, 2.45) is 5.92 Å². The standard InChI is InChI=1S/C16H24N2O/c1-2-9-17-12-14-7-4-8-15(10-14)18-16(19)11-13-5-3-6-13/h4,7-8,10,13,17H,2-3,5-6,9,11-12H2,1H3,(H,18,19). The number of benzene rings is 1. The van der Waals surface area contributed by atoms with Crippen molar-refractivity contribution in [3.05, 3.63) is 29.8 Å². The number of hydrogen-bond donors (Lipinski definition) is 2. The van der Waals surface area contributed by atoms with E-state index in [-0.39, 0.29) is 5.91 Å². The summed E-state index contributed by atoms with van der Waals surface area (Å²) in [4.78, 5) is 11.9. The number of hydrogen-bond acceptors (Lipinski definition) is 2. The van der Waals surface area contributed by atoms with E-state index in [9.17, 15) is 4.79 Å². The minimum Gasteiger partial charge on any atom is -0.326 e. The van der Waals surface area contributed by atoms with Crippen LogP contribution in [0.25, 0.3) is 0 Å². The van der Waals surface area contributed by atoms with E-state index >= 15 is 0 Å². The lowest BCUT2D eigenvalue weighted by molar-refractivity contribution is -0.117. The van der Waals surface area contributed by atoms with Crippen molar-refractivity contribution in [3.63, 3.8) is 0 Å². The van der Waals surface area contributed by atoms with Crippen molar-refractivity contribution >= 4 is 11.6 Å². The second-order valence-corrected chi connectivity index (χ2v) is 5.43. The lowest BCUT2D eigenvalue weighted by Gasteiger charge is -2.24. The molecule has 0 bridgehead atoms. The normalized spacial score (nSPS) is 15.0. The van der Waals surface area contributed by atoms with Gasteiger partial charge in [-0.3, -0.25) is 4.79 Å². The second-order valence-electron chi connectivity index (χ2n) is 5.43. The average Bonchev–Trinajstić information content (AvgIpc) is 2.35. The maximum Gasteiger partial charge on any atom is 0.224 e. The van der Waals surface area contributed by atoms with Crippen molar-refractivity contribution in [1.29, 1.82) is 0 Å². The molecular formula is C16H24N2O. The van der Waals surface area contributed by atoms with Crippen LogP contribution in [0.15, 0.2) is 24.3 Å². The Bertz CT molecular complexity index is 413. The molecule has 3 heteroatoms. The lowest BCUT2D eigenvalue weighted by atomic mass is 9.83. The molecule has 1 amide bonds. The number of nitrogens with one attached hydrogen (secondary N) is 2. The van der Waals surface area contributed by atoms with Gasteiger partial charge in [0.15, 0.2) is 0 Å². The number of anilines is 1. The Morgan fingerprint density at radius 2 is 2.21 bits per heavy atom. The zero-order chi connectivity index (χ0) is 13.5. The van der Waals surface area contributed by atoms with Crippen molar-refractivity contribution in [3.8, 4) is 0 Å². The predicted molar refractivity (Wildman–Crippen MR) is 79.0 cm³/mol. The van der Waals surface area contributed by atoms with Crippen LogP contribution in [0.3, 0.4) is 0 Å². The molecule has 0 saturated heterocycles. The van der Waals surface area contributed by atoms with E-state index in [2.05, 4.69) is 29.7 Å². The van der Waals surface area contributed by atoms with Gasteiger partial charge in [0, 0.05) is 18.7 Å². The summed E-state index contributed by atoms with van der Waals surface area (Å²) < 4.78 is 0. The molecule has 104 valence electrons. The molecule has 19 heavy (non-hydrogen) atoms. The maximum absolute atomic E-state index is 11.9. The Labute approximate surface area is 115 Å². The molecule has 0 radical (unpaired) electrons. The molecule has 1 aliphatic carbocycles. The van der Waals surface area contributed by atoms with Crippen LogP contribution in [0.5, 0.6) is 0 Å². The molecular weight excluding hydrogens is 236 g/mol. The van der Waals surface area contributed by atoms with E-state index in [0.29, 0.717) is 12.3 Å². The number of rotatable bonds is 7. The van der Waals surface area contributed by atoms with Gasteiger partial charge < -0.3 is 10.6 Å². The predicted octanol–water partition coefficient (Wildman–Crippen LogP) is 3.31. The molecule has 1 fully saturated rings. The average molecular weight is 260 g/mol. The Morgan fingerprint density at radius 3 is 2.89 bits per heavy atom. The van der Waals surface area contributed by atoms with Crippen LogP contribution in [0.1, 0.15) is 44.6 Å². The van der Waals surface area contributed by atoms with Crippen LogP contribution in [0.4, 0.5) is 5.69 Å². The summed E-state index contributed by atoms with van der Waals surface area (Å²) in [7, 11) is 0. The third kappa shape index (κ3) is 4.67. The number of carbonyl (C=O) groups excluding carboxylic acids is 1. The zero-order valence-electron chi connectivity index (χ0n) is 11.7. The highest BCUT2D eigenvalue weighted by molar-refractivity contribution is 5.90. The quantitative estimate of drug-likeness (QED) is 0.738. The van der Waals surface area contributed by atoms with Crippen LogP contribution in [-0.4, -0.2) is 12.5 Å². The van der Waals surface area contributed by atoms with Crippen LogP contribution in [0.2, 0.25) is 0 Å². The molecule has 0 spiro atoms. The molecule has 0 unspecified atom stereocenters. The summed E-state index contributed by atoms with van der Waals surface area (Å²) in [5, 5.41) is 6.37. The van der Waals surface area contributed by atoms with Gasteiger partial charge in [0.25, 0.3) is 0 Å². The van der Waals surface area contributed by atoms with Crippen molar-refractivity contribution in [2.45, 2.75) is 45.6 Å². The van der Waals surface area contributed by atoms with Crippen LogP contribution in [-0.2, 0) is 11.3 Å². The van der Waals surface area contributed by atoms with Gasteiger partial charge in [-0.05, 0) is 49.4 Å². The summed E-state index contributed by atoms with van der Waals surface area (Å²) in [6, 6.07) is 8.11. The van der Waals surface area contributed by atoms with Crippen molar-refractivity contribution in [1.82, 2.24) is 5.32 Å². The van der Waals surface area contributed by atoms with E-state index in [4.69, 9.17) is 0 Å². The van der Waals surface area contributed by atoms with E-state index in [0.717, 1.165) is 25.2 Å². The molecule has 0 aliphatic heterocycles. The molecule has 0 atom stereocenters. The fraction of sp³-hybridized carbons (Fsp3) is 0.562. The smallest absolute Gasteiger partial charge is 0.224 e. The molecule has 0 heterocycles. The molecule has 3 nitrogen and oxygen atoms in total. The SMILES string of the molecule is CCCNCc1cccc(NC(=O)CC2CCC2)c1. The largest absolute Gasteiger partial charge is 0.326 e. The van der Waals surface area contributed by atoms with Crippen molar-refractivity contribution < 1.29 is 4.79 Å². The van der Waals surface area contributed by atoms with Gasteiger partial charge in [0.05, 0.1) is 0 Å². The van der Waals surface area contributed by atoms with E-state index in [1.54, 1.807) is 0 Å². The first-order chi connectivity index (χ1) is 9.28. The van der Waals surface area contributed by atoms with Gasteiger partial charge in [-0.2, -0.15) is 0 Å². The Morgan fingerprint density at radius 1 is 1.37 bits per heavy atom. The van der Waals surface area contributed by atoms with Crippen molar-refractivity contribution in [2.75, 3.05) is 11.9 Å². The summed E-state index contributed by atoms with van der Waals surface area (Å²) in [5.74, 6) is 0.776. The minimum absolute atomic E-state index is 0.156. The second kappa shape index (κ2) is 7.29. The van der Waals surface area contributed by atoms with Gasteiger partial charge in [-0.25, -0.2) is 0 Å². The van der Waals surface area contributed by atoms with E-state index < -0.39 is 0 Å². The molecule has 0 aromatic heterocycles. The van der Waals surface area contributed by atoms with Gasteiger partial charge in [-0.15, -0.1) is 0 Å². The fourth-order valence-corrected chi connectivity index (χ4v) is 2.34. The van der Waals surface area contributed by atoms with Gasteiger partial charge in [-0.1, -0.05) is 25.5 Å². The van der Waals surface area contributed by atoms with Crippen LogP contribution in [0, 0.1) is 5.92 Å². The van der Waals surface area contributed by atoms with Gasteiger partial charge >= 0.3 is 0 Å². The van der Waals surface area contributed by atoms with Gasteiger partial charge in [0.1, 0.15) is 0 Å². The van der Waals surface area contributed by atoms with Crippen LogP contribution < -0.4 is 10.6 Å². The first-order valence-electron chi connectivity index (χ1n) is 7.37. The molecule has 1 aliphatic rings.